The second-order valence-corrected chi connectivity index (χ2v) is 2.50. The maximum absolute atomic E-state index is 5.38. The van der Waals surface area contributed by atoms with Crippen LogP contribution in [0.25, 0.3) is 0 Å². The van der Waals surface area contributed by atoms with Gasteiger partial charge in [-0.05, 0) is 13.2 Å². The summed E-state index contributed by atoms with van der Waals surface area (Å²) in [6, 6.07) is 0. The van der Waals surface area contributed by atoms with Gasteiger partial charge in [0.2, 0.25) is 0 Å². The standard InChI is InChI=1S/C6H13BO2/c1-3-4-7-8-5-6(2)9-7/h6H,3-5H2,1-2H3. The summed E-state index contributed by atoms with van der Waals surface area (Å²) in [4.78, 5) is 0. The van der Waals surface area contributed by atoms with Crippen LogP contribution in [-0.4, -0.2) is 19.8 Å². The lowest BCUT2D eigenvalue weighted by atomic mass is 9.84. The minimum absolute atomic E-state index is 0.0880. The highest BCUT2D eigenvalue weighted by Gasteiger charge is 2.26. The monoisotopic (exact) mass is 128 g/mol. The molecule has 0 aromatic carbocycles. The minimum Gasteiger partial charge on any atom is -0.408 e. The zero-order valence-electron chi connectivity index (χ0n) is 6.09. The van der Waals surface area contributed by atoms with Crippen LogP contribution in [0, 0.1) is 0 Å². The summed E-state index contributed by atoms with van der Waals surface area (Å²) in [6.45, 7) is 4.94. The van der Waals surface area contributed by atoms with Crippen molar-refractivity contribution in [2.45, 2.75) is 32.7 Å². The highest BCUT2D eigenvalue weighted by atomic mass is 16.6. The van der Waals surface area contributed by atoms with E-state index in [4.69, 9.17) is 9.31 Å². The Labute approximate surface area is 56.7 Å². The van der Waals surface area contributed by atoms with E-state index < -0.39 is 0 Å². The fourth-order valence-corrected chi connectivity index (χ4v) is 0.968. The second-order valence-electron chi connectivity index (χ2n) is 2.50. The van der Waals surface area contributed by atoms with Gasteiger partial charge in [-0.25, -0.2) is 0 Å². The molecule has 1 atom stereocenters. The van der Waals surface area contributed by atoms with Crippen molar-refractivity contribution in [3.8, 4) is 0 Å². The van der Waals surface area contributed by atoms with Gasteiger partial charge in [-0.1, -0.05) is 13.3 Å². The summed E-state index contributed by atoms with van der Waals surface area (Å²) in [5.74, 6) is 0. The van der Waals surface area contributed by atoms with E-state index in [0.29, 0.717) is 6.10 Å². The van der Waals surface area contributed by atoms with Crippen molar-refractivity contribution in [2.75, 3.05) is 6.61 Å². The van der Waals surface area contributed by atoms with Crippen LogP contribution in [0.15, 0.2) is 0 Å². The van der Waals surface area contributed by atoms with E-state index in [1.165, 1.54) is 0 Å². The van der Waals surface area contributed by atoms with Gasteiger partial charge in [-0.3, -0.25) is 0 Å². The lowest BCUT2D eigenvalue weighted by Crippen LogP contribution is -2.13. The van der Waals surface area contributed by atoms with Gasteiger partial charge in [0.1, 0.15) is 0 Å². The molecule has 3 heteroatoms. The van der Waals surface area contributed by atoms with Crippen LogP contribution in [0.4, 0.5) is 0 Å². The molecule has 0 radical (unpaired) electrons. The third-order valence-corrected chi connectivity index (χ3v) is 1.43. The smallest absolute Gasteiger partial charge is 0.408 e. The molecule has 1 aliphatic heterocycles. The third-order valence-electron chi connectivity index (χ3n) is 1.43. The van der Waals surface area contributed by atoms with Gasteiger partial charge in [-0.15, -0.1) is 0 Å². The van der Waals surface area contributed by atoms with E-state index in [1.54, 1.807) is 0 Å². The Kier molecular flexibility index (Phi) is 2.55. The average molecular weight is 128 g/mol. The molecular weight excluding hydrogens is 115 g/mol. The molecule has 1 rings (SSSR count). The largest absolute Gasteiger partial charge is 0.457 e. The number of hydrogen-bond donors (Lipinski definition) is 0. The first kappa shape index (κ1) is 7.10. The van der Waals surface area contributed by atoms with Crippen LogP contribution in [-0.2, 0) is 9.31 Å². The van der Waals surface area contributed by atoms with Crippen molar-refractivity contribution in [1.82, 2.24) is 0 Å². The summed E-state index contributed by atoms with van der Waals surface area (Å²) in [6.07, 6.45) is 2.48. The molecule has 1 fully saturated rings. The Morgan fingerprint density at radius 3 is 2.89 bits per heavy atom. The van der Waals surface area contributed by atoms with Crippen LogP contribution >= 0.6 is 0 Å². The number of hydrogen-bond acceptors (Lipinski definition) is 2. The average Bonchev–Trinajstić information content (AvgIpc) is 2.17. The molecule has 2 nitrogen and oxygen atoms in total. The quantitative estimate of drug-likeness (QED) is 0.522. The van der Waals surface area contributed by atoms with Gasteiger partial charge in [0.05, 0.1) is 12.7 Å². The van der Waals surface area contributed by atoms with Crippen LogP contribution in [0.1, 0.15) is 20.3 Å². The molecule has 52 valence electrons. The first-order chi connectivity index (χ1) is 4.33. The zero-order valence-corrected chi connectivity index (χ0v) is 6.09. The summed E-state index contributed by atoms with van der Waals surface area (Å²) in [5, 5.41) is 0. The van der Waals surface area contributed by atoms with Crippen LogP contribution in [0.2, 0.25) is 6.32 Å². The first-order valence-electron chi connectivity index (χ1n) is 3.60. The van der Waals surface area contributed by atoms with Crippen molar-refractivity contribution < 1.29 is 9.31 Å². The molecule has 1 unspecified atom stereocenters. The summed E-state index contributed by atoms with van der Waals surface area (Å²) in [5.41, 5.74) is 0. The highest BCUT2D eigenvalue weighted by Crippen LogP contribution is 2.11. The minimum atomic E-state index is 0.0880. The molecule has 0 saturated carbocycles. The predicted octanol–water partition coefficient (Wildman–Crippen LogP) is 1.32. The van der Waals surface area contributed by atoms with E-state index in [2.05, 4.69) is 6.92 Å². The maximum Gasteiger partial charge on any atom is 0.457 e. The summed E-state index contributed by atoms with van der Waals surface area (Å²) in [7, 11) is 0.0880. The van der Waals surface area contributed by atoms with Crippen molar-refractivity contribution in [3.63, 3.8) is 0 Å². The molecule has 0 amide bonds. The van der Waals surface area contributed by atoms with Crippen molar-refractivity contribution in [2.24, 2.45) is 0 Å². The van der Waals surface area contributed by atoms with Crippen LogP contribution < -0.4 is 0 Å². The lowest BCUT2D eigenvalue weighted by Gasteiger charge is -2.00. The predicted molar refractivity (Wildman–Crippen MR) is 37.4 cm³/mol. The molecule has 1 heterocycles. The summed E-state index contributed by atoms with van der Waals surface area (Å²) < 4.78 is 10.7. The Balaban J connectivity index is 2.14. The fraction of sp³-hybridized carbons (Fsp3) is 1.00. The second kappa shape index (κ2) is 3.23. The molecule has 0 aromatic rings. The van der Waals surface area contributed by atoms with E-state index in [-0.39, 0.29) is 7.12 Å². The van der Waals surface area contributed by atoms with E-state index in [9.17, 15) is 0 Å². The van der Waals surface area contributed by atoms with Crippen LogP contribution in [0.3, 0.4) is 0 Å². The Hall–Kier alpha value is -0.0151. The van der Waals surface area contributed by atoms with E-state index >= 15 is 0 Å². The molecule has 0 bridgehead atoms. The van der Waals surface area contributed by atoms with Gasteiger partial charge in [0.15, 0.2) is 0 Å². The Morgan fingerprint density at radius 1 is 1.67 bits per heavy atom. The Morgan fingerprint density at radius 2 is 2.44 bits per heavy atom. The van der Waals surface area contributed by atoms with E-state index in [1.807, 2.05) is 6.92 Å². The molecule has 0 aliphatic carbocycles. The Bertz CT molecular complexity index is 85.1. The SMILES string of the molecule is CCCB1OCC(C)O1. The van der Waals surface area contributed by atoms with Gasteiger partial charge >= 0.3 is 7.12 Å². The fourth-order valence-electron chi connectivity index (χ4n) is 0.968. The first-order valence-corrected chi connectivity index (χ1v) is 3.60. The van der Waals surface area contributed by atoms with Crippen molar-refractivity contribution in [1.29, 1.82) is 0 Å². The van der Waals surface area contributed by atoms with Gasteiger partial charge in [0, 0.05) is 0 Å². The molecule has 0 N–H and O–H groups in total. The van der Waals surface area contributed by atoms with E-state index in [0.717, 1.165) is 19.3 Å². The molecule has 9 heavy (non-hydrogen) atoms. The zero-order chi connectivity index (χ0) is 6.69. The van der Waals surface area contributed by atoms with Gasteiger partial charge in [-0.2, -0.15) is 0 Å². The van der Waals surface area contributed by atoms with Crippen LogP contribution in [0.5, 0.6) is 0 Å². The molecule has 0 spiro atoms. The normalized spacial score (nSPS) is 27.3. The van der Waals surface area contributed by atoms with Gasteiger partial charge in [0.25, 0.3) is 0 Å². The van der Waals surface area contributed by atoms with Crippen molar-refractivity contribution in [3.05, 3.63) is 0 Å². The summed E-state index contributed by atoms with van der Waals surface area (Å²) >= 11 is 0. The lowest BCUT2D eigenvalue weighted by molar-refractivity contribution is 0.256. The van der Waals surface area contributed by atoms with Crippen molar-refractivity contribution >= 4 is 7.12 Å². The third kappa shape index (κ3) is 1.99. The topological polar surface area (TPSA) is 18.5 Å². The number of rotatable bonds is 2. The molecule has 1 aliphatic rings. The highest BCUT2D eigenvalue weighted by molar-refractivity contribution is 6.44. The maximum atomic E-state index is 5.38. The molecule has 1 saturated heterocycles. The molecular formula is C6H13BO2. The van der Waals surface area contributed by atoms with Gasteiger partial charge < -0.3 is 9.31 Å². The molecule has 0 aromatic heterocycles.